The van der Waals surface area contributed by atoms with Gasteiger partial charge in [0.2, 0.25) is 11.8 Å². The lowest BCUT2D eigenvalue weighted by Crippen LogP contribution is -2.47. The van der Waals surface area contributed by atoms with E-state index in [1.807, 2.05) is 23.1 Å². The summed E-state index contributed by atoms with van der Waals surface area (Å²) in [6, 6.07) is 10.2. The Morgan fingerprint density at radius 3 is 2.25 bits per heavy atom. The van der Waals surface area contributed by atoms with E-state index < -0.39 is 0 Å². The topological polar surface area (TPSA) is 52.7 Å². The van der Waals surface area contributed by atoms with Crippen LogP contribution < -0.4 is 5.32 Å². The van der Waals surface area contributed by atoms with Crippen molar-refractivity contribution in [3.63, 3.8) is 0 Å². The van der Waals surface area contributed by atoms with Crippen LogP contribution in [-0.2, 0) is 16.0 Å². The van der Waals surface area contributed by atoms with E-state index in [2.05, 4.69) is 29.3 Å². The van der Waals surface area contributed by atoms with Crippen LogP contribution in [0.3, 0.4) is 0 Å². The van der Waals surface area contributed by atoms with E-state index in [0.29, 0.717) is 18.2 Å². The van der Waals surface area contributed by atoms with Crippen molar-refractivity contribution in [1.29, 1.82) is 0 Å². The van der Waals surface area contributed by atoms with Crippen molar-refractivity contribution in [3.05, 3.63) is 35.9 Å². The molecule has 5 heteroatoms. The number of amides is 2. The monoisotopic (exact) mass is 385 g/mol. The fraction of sp³-hybridized carbons (Fsp3) is 0.652. The molecule has 2 aliphatic rings. The van der Waals surface area contributed by atoms with Gasteiger partial charge in [0, 0.05) is 38.5 Å². The van der Waals surface area contributed by atoms with Crippen molar-refractivity contribution in [2.45, 2.75) is 45.4 Å². The molecule has 0 unspecified atom stereocenters. The fourth-order valence-electron chi connectivity index (χ4n) is 4.39. The highest BCUT2D eigenvalue weighted by Crippen LogP contribution is 2.24. The molecule has 5 nitrogen and oxygen atoms in total. The zero-order chi connectivity index (χ0) is 19.8. The normalized spacial score (nSPS) is 19.0. The van der Waals surface area contributed by atoms with Gasteiger partial charge in [0.1, 0.15) is 0 Å². The number of carbonyl (C=O) groups excluding carboxylic acids is 2. The Kier molecular flexibility index (Phi) is 7.90. The van der Waals surface area contributed by atoms with Crippen molar-refractivity contribution < 1.29 is 9.59 Å². The third-order valence-corrected chi connectivity index (χ3v) is 6.28. The second kappa shape index (κ2) is 10.6. The first kappa shape index (κ1) is 20.8. The molecule has 1 aromatic carbocycles. The molecule has 2 aliphatic heterocycles. The predicted molar refractivity (Wildman–Crippen MR) is 112 cm³/mol. The van der Waals surface area contributed by atoms with Gasteiger partial charge in [-0.3, -0.25) is 9.59 Å². The maximum Gasteiger partial charge on any atom is 0.225 e. The molecule has 0 aromatic heterocycles. The summed E-state index contributed by atoms with van der Waals surface area (Å²) in [4.78, 5) is 29.4. The number of carbonyl (C=O) groups is 2. The molecule has 0 saturated carbocycles. The van der Waals surface area contributed by atoms with Crippen molar-refractivity contribution in [2.24, 2.45) is 11.8 Å². The van der Waals surface area contributed by atoms with Gasteiger partial charge in [0.15, 0.2) is 0 Å². The average molecular weight is 386 g/mol. The number of benzene rings is 1. The Labute approximate surface area is 169 Å². The zero-order valence-electron chi connectivity index (χ0n) is 17.2. The predicted octanol–water partition coefficient (Wildman–Crippen LogP) is 2.71. The summed E-state index contributed by atoms with van der Waals surface area (Å²) in [5.74, 6) is 1.34. The van der Waals surface area contributed by atoms with Crippen LogP contribution in [0.5, 0.6) is 0 Å². The Morgan fingerprint density at radius 2 is 1.61 bits per heavy atom. The Balaban J connectivity index is 1.37. The minimum Gasteiger partial charge on any atom is -0.343 e. The lowest BCUT2D eigenvalue weighted by Gasteiger charge is -2.37. The van der Waals surface area contributed by atoms with Crippen LogP contribution >= 0.6 is 0 Å². The van der Waals surface area contributed by atoms with Gasteiger partial charge in [-0.1, -0.05) is 37.3 Å². The standard InChI is InChI=1S/C23H35N3O2/c1-2-24-18-20-10-14-26(15-11-20)23(28)21-12-16-25(17-13-21)22(27)9-8-19-6-4-3-5-7-19/h3-7,20-21,24H,2,8-18H2,1H3. The summed E-state index contributed by atoms with van der Waals surface area (Å²) in [6.45, 7) is 7.46. The van der Waals surface area contributed by atoms with E-state index in [1.54, 1.807) is 0 Å². The highest BCUT2D eigenvalue weighted by molar-refractivity contribution is 5.80. The molecule has 28 heavy (non-hydrogen) atoms. The quantitative estimate of drug-likeness (QED) is 0.785. The smallest absolute Gasteiger partial charge is 0.225 e. The third-order valence-electron chi connectivity index (χ3n) is 6.28. The van der Waals surface area contributed by atoms with E-state index in [-0.39, 0.29) is 11.8 Å². The lowest BCUT2D eigenvalue weighted by atomic mass is 9.92. The molecule has 154 valence electrons. The van der Waals surface area contributed by atoms with Gasteiger partial charge in [0.05, 0.1) is 0 Å². The zero-order valence-corrected chi connectivity index (χ0v) is 17.2. The molecule has 1 N–H and O–H groups in total. The van der Waals surface area contributed by atoms with Crippen LogP contribution in [0.15, 0.2) is 30.3 Å². The maximum atomic E-state index is 12.9. The third kappa shape index (κ3) is 5.81. The van der Waals surface area contributed by atoms with Crippen LogP contribution in [-0.4, -0.2) is 60.9 Å². The molecule has 0 atom stereocenters. The molecule has 2 saturated heterocycles. The highest BCUT2D eigenvalue weighted by Gasteiger charge is 2.31. The number of hydrogen-bond acceptors (Lipinski definition) is 3. The first-order valence-corrected chi connectivity index (χ1v) is 11.0. The Hall–Kier alpha value is -1.88. The Morgan fingerprint density at radius 1 is 0.964 bits per heavy atom. The molecule has 0 radical (unpaired) electrons. The maximum absolute atomic E-state index is 12.9. The van der Waals surface area contributed by atoms with Gasteiger partial charge < -0.3 is 15.1 Å². The SMILES string of the molecule is CCNCC1CCN(C(=O)C2CCN(C(=O)CCc3ccccc3)CC2)CC1. The summed E-state index contributed by atoms with van der Waals surface area (Å²) in [5, 5.41) is 3.42. The van der Waals surface area contributed by atoms with Crippen LogP contribution in [0.2, 0.25) is 0 Å². The largest absolute Gasteiger partial charge is 0.343 e. The molecule has 0 aliphatic carbocycles. The molecular formula is C23H35N3O2. The molecule has 2 amide bonds. The number of aryl methyl sites for hydroxylation is 1. The second-order valence-corrected chi connectivity index (χ2v) is 8.22. The number of nitrogens with zero attached hydrogens (tertiary/aromatic N) is 2. The summed E-state index contributed by atoms with van der Waals surface area (Å²) < 4.78 is 0. The molecule has 1 aromatic rings. The van der Waals surface area contributed by atoms with Gasteiger partial charge >= 0.3 is 0 Å². The van der Waals surface area contributed by atoms with Crippen molar-refractivity contribution in [1.82, 2.24) is 15.1 Å². The van der Waals surface area contributed by atoms with Crippen LogP contribution in [0.25, 0.3) is 0 Å². The summed E-state index contributed by atoms with van der Waals surface area (Å²) >= 11 is 0. The summed E-state index contributed by atoms with van der Waals surface area (Å²) in [7, 11) is 0. The summed E-state index contributed by atoms with van der Waals surface area (Å²) in [5.41, 5.74) is 1.21. The average Bonchev–Trinajstić information content (AvgIpc) is 2.76. The number of hydrogen-bond donors (Lipinski definition) is 1. The fourth-order valence-corrected chi connectivity index (χ4v) is 4.39. The first-order chi connectivity index (χ1) is 13.7. The molecule has 2 fully saturated rings. The van der Waals surface area contributed by atoms with Gasteiger partial charge in [-0.2, -0.15) is 0 Å². The van der Waals surface area contributed by atoms with Crippen molar-refractivity contribution >= 4 is 11.8 Å². The minimum atomic E-state index is 0.100. The van der Waals surface area contributed by atoms with E-state index in [4.69, 9.17) is 0 Å². The number of piperidine rings is 2. The molecule has 0 bridgehead atoms. The number of likely N-dealkylation sites (tertiary alicyclic amines) is 2. The van der Waals surface area contributed by atoms with E-state index in [1.165, 1.54) is 5.56 Å². The van der Waals surface area contributed by atoms with Crippen molar-refractivity contribution in [2.75, 3.05) is 39.3 Å². The van der Waals surface area contributed by atoms with Gasteiger partial charge in [-0.05, 0) is 56.7 Å². The van der Waals surface area contributed by atoms with Crippen molar-refractivity contribution in [3.8, 4) is 0 Å². The first-order valence-electron chi connectivity index (χ1n) is 11.0. The van der Waals surface area contributed by atoms with E-state index in [9.17, 15) is 9.59 Å². The van der Waals surface area contributed by atoms with E-state index >= 15 is 0 Å². The number of rotatable bonds is 7. The highest BCUT2D eigenvalue weighted by atomic mass is 16.2. The van der Waals surface area contributed by atoms with Crippen LogP contribution in [0.1, 0.15) is 44.6 Å². The van der Waals surface area contributed by atoms with Crippen LogP contribution in [0, 0.1) is 11.8 Å². The van der Waals surface area contributed by atoms with Crippen LogP contribution in [0.4, 0.5) is 0 Å². The molecular weight excluding hydrogens is 350 g/mol. The number of nitrogens with one attached hydrogen (secondary N) is 1. The van der Waals surface area contributed by atoms with Gasteiger partial charge in [-0.15, -0.1) is 0 Å². The minimum absolute atomic E-state index is 0.100. The summed E-state index contributed by atoms with van der Waals surface area (Å²) in [6.07, 6.45) is 5.19. The van der Waals surface area contributed by atoms with Gasteiger partial charge in [0.25, 0.3) is 0 Å². The Bertz CT molecular complexity index is 618. The molecule has 0 spiro atoms. The van der Waals surface area contributed by atoms with E-state index in [0.717, 1.165) is 71.4 Å². The van der Waals surface area contributed by atoms with Gasteiger partial charge in [-0.25, -0.2) is 0 Å². The second-order valence-electron chi connectivity index (χ2n) is 8.22. The molecule has 3 rings (SSSR count). The molecule has 2 heterocycles. The lowest BCUT2D eigenvalue weighted by molar-refractivity contribution is -0.141.